The van der Waals surface area contributed by atoms with Crippen molar-refractivity contribution in [2.75, 3.05) is 20.3 Å². The third-order valence-electron chi connectivity index (χ3n) is 4.98. The summed E-state index contributed by atoms with van der Waals surface area (Å²) in [5.41, 5.74) is 0. The minimum absolute atomic E-state index is 0.0611. The Kier molecular flexibility index (Phi) is 8.50. The predicted octanol–water partition coefficient (Wildman–Crippen LogP) is 2.34. The average molecular weight is 443 g/mol. The van der Waals surface area contributed by atoms with Gasteiger partial charge >= 0.3 is 12.1 Å². The molecule has 2 fully saturated rings. The molecule has 2 heterocycles. The number of nitriles is 1. The second kappa shape index (κ2) is 10.9. The van der Waals surface area contributed by atoms with Gasteiger partial charge in [-0.3, -0.25) is 10.1 Å². The SMILES string of the molecule is COc1ccc(OC[C@H]2CC[C@@H](C(=O)N3CCC[C@H]3C#N)N2)cc1.O=C(O)C(F)(F)F. The number of carbonyl (C=O) groups excluding carboxylic acids is 1. The molecule has 0 saturated carbocycles. The van der Waals surface area contributed by atoms with E-state index < -0.39 is 12.1 Å². The number of carboxylic acid groups (broad SMARTS) is 1. The van der Waals surface area contributed by atoms with Gasteiger partial charge in [-0.05, 0) is 49.9 Å². The molecule has 31 heavy (non-hydrogen) atoms. The first-order chi connectivity index (χ1) is 14.7. The van der Waals surface area contributed by atoms with Crippen LogP contribution in [0.15, 0.2) is 24.3 Å². The van der Waals surface area contributed by atoms with Crippen molar-refractivity contribution in [3.63, 3.8) is 0 Å². The van der Waals surface area contributed by atoms with Gasteiger partial charge in [-0.2, -0.15) is 18.4 Å². The number of hydrogen-bond acceptors (Lipinski definition) is 6. The predicted molar refractivity (Wildman–Crippen MR) is 102 cm³/mol. The van der Waals surface area contributed by atoms with E-state index in [1.165, 1.54) is 0 Å². The van der Waals surface area contributed by atoms with E-state index in [9.17, 15) is 18.0 Å². The third kappa shape index (κ3) is 7.03. The molecule has 0 spiro atoms. The number of methoxy groups -OCH3 is 1. The Morgan fingerprint density at radius 2 is 1.84 bits per heavy atom. The molecule has 2 saturated heterocycles. The lowest BCUT2D eigenvalue weighted by Crippen LogP contribution is -2.47. The summed E-state index contributed by atoms with van der Waals surface area (Å²) < 4.78 is 42.6. The molecule has 8 nitrogen and oxygen atoms in total. The molecule has 3 atom stereocenters. The number of likely N-dealkylation sites (tertiary alicyclic amines) is 1. The quantitative estimate of drug-likeness (QED) is 0.718. The van der Waals surface area contributed by atoms with E-state index in [1.54, 1.807) is 12.0 Å². The number of carbonyl (C=O) groups is 2. The summed E-state index contributed by atoms with van der Waals surface area (Å²) in [5.74, 6) is -1.11. The number of nitrogens with one attached hydrogen (secondary N) is 1. The zero-order valence-electron chi connectivity index (χ0n) is 16.9. The smallest absolute Gasteiger partial charge is 0.490 e. The number of nitrogens with zero attached hydrogens (tertiary/aromatic N) is 2. The Bertz CT molecular complexity index is 795. The molecule has 0 aromatic heterocycles. The lowest BCUT2D eigenvalue weighted by atomic mass is 10.1. The van der Waals surface area contributed by atoms with Gasteiger partial charge in [0.25, 0.3) is 0 Å². The molecule has 3 rings (SSSR count). The minimum atomic E-state index is -5.08. The van der Waals surface area contributed by atoms with Crippen molar-refractivity contribution in [1.29, 1.82) is 5.26 Å². The second-order valence-corrected chi connectivity index (χ2v) is 7.10. The normalized spacial score (nSPS) is 22.8. The number of carboxylic acids is 1. The molecule has 0 unspecified atom stereocenters. The summed E-state index contributed by atoms with van der Waals surface area (Å²) in [5, 5.41) is 19.6. The molecule has 1 aromatic rings. The van der Waals surface area contributed by atoms with Crippen LogP contribution in [0.2, 0.25) is 0 Å². The number of alkyl halides is 3. The molecule has 170 valence electrons. The molecule has 1 amide bonds. The Labute approximate surface area is 177 Å². The van der Waals surface area contributed by atoms with E-state index in [-0.39, 0.29) is 24.0 Å². The van der Waals surface area contributed by atoms with Crippen molar-refractivity contribution in [3.8, 4) is 17.6 Å². The highest BCUT2D eigenvalue weighted by Gasteiger charge is 2.38. The fourth-order valence-electron chi connectivity index (χ4n) is 3.38. The molecule has 2 N–H and O–H groups in total. The van der Waals surface area contributed by atoms with Gasteiger partial charge in [0.05, 0.1) is 19.2 Å². The van der Waals surface area contributed by atoms with Crippen LogP contribution >= 0.6 is 0 Å². The maximum absolute atomic E-state index is 12.6. The number of aliphatic carboxylic acids is 1. The van der Waals surface area contributed by atoms with Crippen molar-refractivity contribution in [2.45, 2.75) is 50.0 Å². The van der Waals surface area contributed by atoms with E-state index in [4.69, 9.17) is 24.6 Å². The van der Waals surface area contributed by atoms with Gasteiger partial charge in [0.1, 0.15) is 24.1 Å². The highest BCUT2D eigenvalue weighted by Crippen LogP contribution is 2.23. The van der Waals surface area contributed by atoms with E-state index >= 15 is 0 Å². The third-order valence-corrected chi connectivity index (χ3v) is 4.98. The van der Waals surface area contributed by atoms with E-state index in [2.05, 4.69) is 11.4 Å². The largest absolute Gasteiger partial charge is 0.497 e. The van der Waals surface area contributed by atoms with Gasteiger partial charge in [-0.1, -0.05) is 0 Å². The Balaban J connectivity index is 0.000000423. The molecule has 0 aliphatic carbocycles. The van der Waals surface area contributed by atoms with Crippen LogP contribution in [-0.2, 0) is 9.59 Å². The van der Waals surface area contributed by atoms with Gasteiger partial charge in [0.15, 0.2) is 0 Å². The van der Waals surface area contributed by atoms with Crippen molar-refractivity contribution in [2.24, 2.45) is 0 Å². The molecular formula is C20H24F3N3O5. The average Bonchev–Trinajstić information content (AvgIpc) is 3.41. The summed E-state index contributed by atoms with van der Waals surface area (Å²) in [7, 11) is 1.63. The highest BCUT2D eigenvalue weighted by molar-refractivity contribution is 5.83. The van der Waals surface area contributed by atoms with Crippen molar-refractivity contribution in [3.05, 3.63) is 24.3 Å². The first kappa shape index (κ1) is 24.3. The maximum atomic E-state index is 12.6. The first-order valence-corrected chi connectivity index (χ1v) is 9.68. The van der Waals surface area contributed by atoms with Gasteiger partial charge in [-0.25, -0.2) is 4.79 Å². The maximum Gasteiger partial charge on any atom is 0.490 e. The summed E-state index contributed by atoms with van der Waals surface area (Å²) in [6.07, 6.45) is -1.68. The minimum Gasteiger partial charge on any atom is -0.497 e. The highest BCUT2D eigenvalue weighted by atomic mass is 19.4. The van der Waals surface area contributed by atoms with Crippen LogP contribution in [0.5, 0.6) is 11.5 Å². The molecule has 2 aliphatic rings. The van der Waals surface area contributed by atoms with E-state index in [1.807, 2.05) is 24.3 Å². The number of rotatable bonds is 5. The lowest BCUT2D eigenvalue weighted by molar-refractivity contribution is -0.192. The molecule has 2 aliphatic heterocycles. The van der Waals surface area contributed by atoms with Crippen LogP contribution in [0.3, 0.4) is 0 Å². The van der Waals surface area contributed by atoms with E-state index in [0.717, 1.165) is 37.2 Å². The van der Waals surface area contributed by atoms with Crippen molar-refractivity contribution < 1.29 is 37.3 Å². The second-order valence-electron chi connectivity index (χ2n) is 7.10. The van der Waals surface area contributed by atoms with Crippen LogP contribution in [0.25, 0.3) is 0 Å². The number of ether oxygens (including phenoxy) is 2. The summed E-state index contributed by atoms with van der Waals surface area (Å²) >= 11 is 0. The van der Waals surface area contributed by atoms with Crippen LogP contribution in [0, 0.1) is 11.3 Å². The zero-order valence-corrected chi connectivity index (χ0v) is 16.9. The van der Waals surface area contributed by atoms with Gasteiger partial charge < -0.3 is 19.5 Å². The lowest BCUT2D eigenvalue weighted by Gasteiger charge is -2.24. The summed E-state index contributed by atoms with van der Waals surface area (Å²) in [6, 6.07) is 9.40. The zero-order chi connectivity index (χ0) is 23.0. The van der Waals surface area contributed by atoms with Crippen LogP contribution < -0.4 is 14.8 Å². The van der Waals surface area contributed by atoms with Gasteiger partial charge in [-0.15, -0.1) is 0 Å². The van der Waals surface area contributed by atoms with Crippen molar-refractivity contribution >= 4 is 11.9 Å². The fourth-order valence-corrected chi connectivity index (χ4v) is 3.38. The number of amides is 1. The summed E-state index contributed by atoms with van der Waals surface area (Å²) in [4.78, 5) is 23.2. The molecule has 1 aromatic carbocycles. The topological polar surface area (TPSA) is 112 Å². The number of benzene rings is 1. The molecular weight excluding hydrogens is 419 g/mol. The Morgan fingerprint density at radius 3 is 2.39 bits per heavy atom. The first-order valence-electron chi connectivity index (χ1n) is 9.68. The fraction of sp³-hybridized carbons (Fsp3) is 0.550. The Hall–Kier alpha value is -3.00. The molecule has 11 heteroatoms. The van der Waals surface area contributed by atoms with Crippen molar-refractivity contribution in [1.82, 2.24) is 10.2 Å². The summed E-state index contributed by atoms with van der Waals surface area (Å²) in [6.45, 7) is 1.22. The molecule has 0 radical (unpaired) electrons. The van der Waals surface area contributed by atoms with Crippen LogP contribution in [0.1, 0.15) is 25.7 Å². The molecule has 0 bridgehead atoms. The van der Waals surface area contributed by atoms with Crippen LogP contribution in [-0.4, -0.2) is 66.4 Å². The Morgan fingerprint density at radius 1 is 1.23 bits per heavy atom. The number of hydrogen-bond donors (Lipinski definition) is 2. The number of halogens is 3. The monoisotopic (exact) mass is 443 g/mol. The van der Waals surface area contributed by atoms with E-state index in [0.29, 0.717) is 13.2 Å². The van der Waals surface area contributed by atoms with Crippen LogP contribution in [0.4, 0.5) is 13.2 Å². The van der Waals surface area contributed by atoms with Gasteiger partial charge in [0, 0.05) is 12.6 Å². The van der Waals surface area contributed by atoms with Gasteiger partial charge in [0.2, 0.25) is 5.91 Å². The standard InChI is InChI=1S/C18H23N3O3.C2HF3O2/c1-23-15-5-7-16(8-6-15)24-12-13-4-9-17(20-13)18(22)21-10-2-3-14(21)11-19;3-2(4,5)1(6)7/h5-8,13-14,17,20H,2-4,9-10,12H2,1H3;(H,6,7)/t13-,14+,17+;/m1./s1.